The number of hydrogen-bond acceptors (Lipinski definition) is 5. The number of aliphatic carboxylic acids is 2. The van der Waals surface area contributed by atoms with Gasteiger partial charge in [-0.05, 0) is 37.5 Å². The molecule has 2 aromatic rings. The molecule has 1 aromatic carbocycles. The van der Waals surface area contributed by atoms with Crippen molar-refractivity contribution in [3.63, 3.8) is 0 Å². The summed E-state index contributed by atoms with van der Waals surface area (Å²) in [6.45, 7) is 3.22. The second-order valence-electron chi connectivity index (χ2n) is 9.09. The Morgan fingerprint density at radius 1 is 0.750 bits per heavy atom. The van der Waals surface area contributed by atoms with E-state index in [9.17, 15) is 9.59 Å². The van der Waals surface area contributed by atoms with Crippen molar-refractivity contribution < 1.29 is 29.3 Å². The maximum absolute atomic E-state index is 11.1. The molecule has 0 saturated carbocycles. The molecule has 7 nitrogen and oxygen atoms in total. The molecular formula is C29H41NO6. The van der Waals surface area contributed by atoms with E-state index in [0.717, 1.165) is 30.0 Å². The molecule has 0 radical (unpaired) electrons. The Bertz CT molecular complexity index is 930. The first-order valence-electron chi connectivity index (χ1n) is 13.3. The van der Waals surface area contributed by atoms with Crippen molar-refractivity contribution in [3.8, 4) is 11.5 Å². The molecule has 198 valence electrons. The van der Waals surface area contributed by atoms with E-state index >= 15 is 0 Å². The summed E-state index contributed by atoms with van der Waals surface area (Å²) in [5.41, 5.74) is 2.24. The monoisotopic (exact) mass is 499 g/mol. The summed E-state index contributed by atoms with van der Waals surface area (Å²) < 4.78 is 11.9. The molecule has 0 aliphatic carbocycles. The topological polar surface area (TPSA) is 106 Å². The maximum atomic E-state index is 11.1. The van der Waals surface area contributed by atoms with Crippen LogP contribution in [0.4, 0.5) is 0 Å². The number of nitrogens with zero attached hydrogens (tertiary/aromatic N) is 1. The number of carboxylic acids is 2. The van der Waals surface area contributed by atoms with Gasteiger partial charge < -0.3 is 19.7 Å². The van der Waals surface area contributed by atoms with E-state index in [1.54, 1.807) is 18.2 Å². The standard InChI is InChI=1S/C29H41NO6/c1-2-3-4-5-6-7-8-11-20-35-27-18-17-24(30-25(27)14-12-16-28(31)32)19-21-36-26-15-10-9-13-23(26)22-29(33)34/h9-10,13,15,17-18H,2-8,11-12,14,16,19-22H2,1H3,(H,31,32)(H,33,34). The third-order valence-electron chi connectivity index (χ3n) is 5.98. The summed E-state index contributed by atoms with van der Waals surface area (Å²) >= 11 is 0. The highest BCUT2D eigenvalue weighted by Crippen LogP contribution is 2.22. The molecule has 0 aliphatic heterocycles. The lowest BCUT2D eigenvalue weighted by molar-refractivity contribution is -0.137. The molecule has 0 bridgehead atoms. The van der Waals surface area contributed by atoms with E-state index in [1.807, 2.05) is 18.2 Å². The fraction of sp³-hybridized carbons (Fsp3) is 0.552. The Kier molecular flexibility index (Phi) is 14.1. The number of para-hydroxylation sites is 1. The first kappa shape index (κ1) is 29.1. The molecule has 36 heavy (non-hydrogen) atoms. The summed E-state index contributed by atoms with van der Waals surface area (Å²) in [7, 11) is 0. The Balaban J connectivity index is 1.88. The SMILES string of the molecule is CCCCCCCCCCOc1ccc(CCOc2ccccc2CC(=O)O)nc1CCCC(=O)O. The van der Waals surface area contributed by atoms with E-state index in [2.05, 4.69) is 6.92 Å². The van der Waals surface area contributed by atoms with Crippen LogP contribution in [0, 0.1) is 0 Å². The first-order valence-corrected chi connectivity index (χ1v) is 13.3. The van der Waals surface area contributed by atoms with Gasteiger partial charge in [0.05, 0.1) is 25.3 Å². The van der Waals surface area contributed by atoms with Crippen LogP contribution < -0.4 is 9.47 Å². The second kappa shape index (κ2) is 17.4. The van der Waals surface area contributed by atoms with Crippen molar-refractivity contribution >= 4 is 11.9 Å². The summed E-state index contributed by atoms with van der Waals surface area (Å²) in [5.74, 6) is -0.436. The van der Waals surface area contributed by atoms with E-state index < -0.39 is 11.9 Å². The largest absolute Gasteiger partial charge is 0.493 e. The zero-order valence-corrected chi connectivity index (χ0v) is 21.5. The summed E-state index contributed by atoms with van der Waals surface area (Å²) in [4.78, 5) is 26.8. The van der Waals surface area contributed by atoms with Crippen LogP contribution in [0.1, 0.15) is 88.1 Å². The lowest BCUT2D eigenvalue weighted by Crippen LogP contribution is -2.09. The molecule has 0 atom stereocenters. The predicted octanol–water partition coefficient (Wildman–Crippen LogP) is 6.26. The van der Waals surface area contributed by atoms with Crippen LogP contribution in [-0.2, 0) is 28.9 Å². The number of benzene rings is 1. The Morgan fingerprint density at radius 2 is 1.44 bits per heavy atom. The van der Waals surface area contributed by atoms with Crippen LogP contribution in [0.2, 0.25) is 0 Å². The van der Waals surface area contributed by atoms with Gasteiger partial charge in [0.2, 0.25) is 0 Å². The van der Waals surface area contributed by atoms with Gasteiger partial charge in [-0.1, -0.05) is 70.1 Å². The lowest BCUT2D eigenvalue weighted by Gasteiger charge is -2.13. The summed E-state index contributed by atoms with van der Waals surface area (Å²) in [5, 5.41) is 18.1. The molecule has 2 rings (SSSR count). The lowest BCUT2D eigenvalue weighted by atomic mass is 10.1. The predicted molar refractivity (Wildman–Crippen MR) is 140 cm³/mol. The number of aryl methyl sites for hydroxylation is 1. The number of hydrogen-bond donors (Lipinski definition) is 2. The summed E-state index contributed by atoms with van der Waals surface area (Å²) in [6.07, 6.45) is 11.4. The number of carboxylic acid groups (broad SMARTS) is 2. The molecule has 1 aromatic heterocycles. The van der Waals surface area contributed by atoms with E-state index in [0.29, 0.717) is 43.8 Å². The van der Waals surface area contributed by atoms with Crippen LogP contribution in [-0.4, -0.2) is 40.3 Å². The van der Waals surface area contributed by atoms with Crippen molar-refractivity contribution in [2.75, 3.05) is 13.2 Å². The molecule has 1 heterocycles. The van der Waals surface area contributed by atoms with E-state index in [-0.39, 0.29) is 12.8 Å². The van der Waals surface area contributed by atoms with Crippen molar-refractivity contribution in [2.45, 2.75) is 90.4 Å². The van der Waals surface area contributed by atoms with Crippen LogP contribution in [0.3, 0.4) is 0 Å². The number of carbonyl (C=O) groups is 2. The van der Waals surface area contributed by atoms with Gasteiger partial charge >= 0.3 is 11.9 Å². The smallest absolute Gasteiger partial charge is 0.307 e. The molecule has 0 saturated heterocycles. The van der Waals surface area contributed by atoms with Crippen molar-refractivity contribution in [3.05, 3.63) is 53.3 Å². The molecular weight excluding hydrogens is 458 g/mol. The number of pyridine rings is 1. The number of aromatic nitrogens is 1. The number of unbranched alkanes of at least 4 members (excludes halogenated alkanes) is 7. The maximum Gasteiger partial charge on any atom is 0.307 e. The quantitative estimate of drug-likeness (QED) is 0.207. The van der Waals surface area contributed by atoms with E-state index in [4.69, 9.17) is 24.7 Å². The van der Waals surface area contributed by atoms with Crippen LogP contribution in [0.25, 0.3) is 0 Å². The fourth-order valence-corrected chi connectivity index (χ4v) is 4.03. The Labute approximate surface area is 214 Å². The molecule has 7 heteroatoms. The average molecular weight is 500 g/mol. The highest BCUT2D eigenvalue weighted by atomic mass is 16.5. The number of ether oxygens (including phenoxy) is 2. The van der Waals surface area contributed by atoms with Gasteiger partial charge in [-0.2, -0.15) is 0 Å². The third-order valence-corrected chi connectivity index (χ3v) is 5.98. The number of rotatable bonds is 20. The minimum absolute atomic E-state index is 0.0901. The zero-order valence-electron chi connectivity index (χ0n) is 21.5. The molecule has 0 fully saturated rings. The van der Waals surface area contributed by atoms with Crippen LogP contribution >= 0.6 is 0 Å². The van der Waals surface area contributed by atoms with Gasteiger partial charge in [0.1, 0.15) is 11.5 Å². The minimum Gasteiger partial charge on any atom is -0.493 e. The van der Waals surface area contributed by atoms with Crippen LogP contribution in [0.5, 0.6) is 11.5 Å². The van der Waals surface area contributed by atoms with Crippen molar-refractivity contribution in [2.24, 2.45) is 0 Å². The fourth-order valence-electron chi connectivity index (χ4n) is 4.03. The molecule has 0 amide bonds. The highest BCUT2D eigenvalue weighted by Gasteiger charge is 2.11. The average Bonchev–Trinajstić information content (AvgIpc) is 2.84. The molecule has 0 unspecified atom stereocenters. The van der Waals surface area contributed by atoms with Gasteiger partial charge in [0, 0.05) is 24.1 Å². The minimum atomic E-state index is -0.902. The van der Waals surface area contributed by atoms with Gasteiger partial charge in [0.15, 0.2) is 0 Å². The van der Waals surface area contributed by atoms with Crippen molar-refractivity contribution in [1.82, 2.24) is 4.98 Å². The first-order chi connectivity index (χ1) is 17.5. The van der Waals surface area contributed by atoms with Gasteiger partial charge in [0.25, 0.3) is 0 Å². The second-order valence-corrected chi connectivity index (χ2v) is 9.09. The van der Waals surface area contributed by atoms with Crippen LogP contribution in [0.15, 0.2) is 36.4 Å². The normalized spacial score (nSPS) is 10.8. The van der Waals surface area contributed by atoms with Gasteiger partial charge in [-0.3, -0.25) is 14.6 Å². The summed E-state index contributed by atoms with van der Waals surface area (Å²) in [6, 6.07) is 11.0. The molecule has 0 spiro atoms. The zero-order chi connectivity index (χ0) is 26.0. The molecule has 2 N–H and O–H groups in total. The molecule has 0 aliphatic rings. The third kappa shape index (κ3) is 12.0. The van der Waals surface area contributed by atoms with E-state index in [1.165, 1.54) is 38.5 Å². The van der Waals surface area contributed by atoms with Gasteiger partial charge in [-0.25, -0.2) is 0 Å². The van der Waals surface area contributed by atoms with Crippen molar-refractivity contribution in [1.29, 1.82) is 0 Å². The highest BCUT2D eigenvalue weighted by molar-refractivity contribution is 5.71. The Hall–Kier alpha value is -3.09. The van der Waals surface area contributed by atoms with Gasteiger partial charge in [-0.15, -0.1) is 0 Å². The Morgan fingerprint density at radius 3 is 2.17 bits per heavy atom.